The fourth-order valence-corrected chi connectivity index (χ4v) is 2.48. The van der Waals surface area contributed by atoms with Crippen molar-refractivity contribution in [1.82, 2.24) is 4.98 Å². The van der Waals surface area contributed by atoms with Gasteiger partial charge in [-0.2, -0.15) is 0 Å². The van der Waals surface area contributed by atoms with E-state index in [1.807, 2.05) is 0 Å². The zero-order valence-electron chi connectivity index (χ0n) is 12.0. The molecule has 6 heteroatoms. The molecule has 0 radical (unpaired) electrons. The van der Waals surface area contributed by atoms with Crippen LogP contribution in [-0.4, -0.2) is 30.0 Å². The van der Waals surface area contributed by atoms with Gasteiger partial charge in [0.05, 0.1) is 13.5 Å². The van der Waals surface area contributed by atoms with Gasteiger partial charge in [-0.3, -0.25) is 9.78 Å². The molecule has 0 fully saturated rings. The average molecular weight is 301 g/mol. The number of benzene rings is 1. The quantitative estimate of drug-likeness (QED) is 0.872. The molecule has 0 saturated heterocycles. The van der Waals surface area contributed by atoms with Gasteiger partial charge in [0.1, 0.15) is 5.75 Å². The van der Waals surface area contributed by atoms with Gasteiger partial charge in [-0.1, -0.05) is 0 Å². The summed E-state index contributed by atoms with van der Waals surface area (Å²) in [5, 5.41) is 10.3. The van der Waals surface area contributed by atoms with Crippen LogP contribution in [0.2, 0.25) is 0 Å². The minimum absolute atomic E-state index is 0.0509. The Labute approximate surface area is 127 Å². The molecule has 0 bridgehead atoms. The number of aromatic nitrogens is 1. The zero-order valence-corrected chi connectivity index (χ0v) is 12.0. The van der Waals surface area contributed by atoms with Crippen LogP contribution in [-0.2, 0) is 9.53 Å². The van der Waals surface area contributed by atoms with Crippen LogP contribution in [0.5, 0.6) is 17.2 Å². The number of nitrogens with zero attached hydrogens (tertiary/aromatic N) is 1. The predicted octanol–water partition coefficient (Wildman–Crippen LogP) is 2.21. The van der Waals surface area contributed by atoms with Gasteiger partial charge in [-0.15, -0.1) is 0 Å². The number of phenolic OH excluding ortho intramolecular Hbond substituents is 1. The maximum Gasteiger partial charge on any atom is 0.306 e. The first-order chi connectivity index (χ1) is 10.7. The van der Waals surface area contributed by atoms with Crippen molar-refractivity contribution >= 4 is 5.97 Å². The Morgan fingerprint density at radius 3 is 2.68 bits per heavy atom. The van der Waals surface area contributed by atoms with Crippen molar-refractivity contribution < 1.29 is 24.1 Å². The third kappa shape index (κ3) is 2.67. The molecule has 0 unspecified atom stereocenters. The normalized spacial score (nSPS) is 13.7. The van der Waals surface area contributed by atoms with Crippen molar-refractivity contribution in [3.63, 3.8) is 0 Å². The summed E-state index contributed by atoms with van der Waals surface area (Å²) in [5.41, 5.74) is 1.44. The standard InChI is InChI=1S/C16H15NO5/c1-20-16(19)7-11(10-2-4-17-5-3-10)12-6-14-15(8-13(12)18)22-9-21-14/h2-6,8,11,18H,7,9H2,1H3/t11-/m1/s1. The number of hydrogen-bond acceptors (Lipinski definition) is 6. The highest BCUT2D eigenvalue weighted by Crippen LogP contribution is 2.43. The van der Waals surface area contributed by atoms with Gasteiger partial charge in [0.15, 0.2) is 11.5 Å². The molecule has 22 heavy (non-hydrogen) atoms. The molecule has 6 nitrogen and oxygen atoms in total. The Hall–Kier alpha value is -2.76. The first kappa shape index (κ1) is 14.2. The number of pyridine rings is 1. The molecule has 3 rings (SSSR count). The second-order valence-electron chi connectivity index (χ2n) is 4.88. The van der Waals surface area contributed by atoms with Gasteiger partial charge in [-0.05, 0) is 23.8 Å². The largest absolute Gasteiger partial charge is 0.508 e. The van der Waals surface area contributed by atoms with E-state index in [4.69, 9.17) is 14.2 Å². The molecule has 0 spiro atoms. The highest BCUT2D eigenvalue weighted by molar-refractivity contribution is 5.72. The van der Waals surface area contributed by atoms with E-state index in [9.17, 15) is 9.90 Å². The van der Waals surface area contributed by atoms with E-state index in [-0.39, 0.29) is 30.9 Å². The van der Waals surface area contributed by atoms with Gasteiger partial charge in [0, 0.05) is 29.9 Å². The molecule has 1 aliphatic rings. The lowest BCUT2D eigenvalue weighted by molar-refractivity contribution is -0.140. The van der Waals surface area contributed by atoms with Gasteiger partial charge < -0.3 is 19.3 Å². The van der Waals surface area contributed by atoms with E-state index in [0.717, 1.165) is 5.56 Å². The first-order valence-corrected chi connectivity index (χ1v) is 6.78. The van der Waals surface area contributed by atoms with Crippen molar-refractivity contribution in [1.29, 1.82) is 0 Å². The number of methoxy groups -OCH3 is 1. The SMILES string of the molecule is COC(=O)C[C@H](c1ccncc1)c1cc2c(cc1O)OCO2. The molecule has 1 aromatic heterocycles. The van der Waals surface area contributed by atoms with Gasteiger partial charge in [0.2, 0.25) is 6.79 Å². The lowest BCUT2D eigenvalue weighted by Gasteiger charge is -2.18. The van der Waals surface area contributed by atoms with Crippen LogP contribution in [0, 0.1) is 0 Å². The van der Waals surface area contributed by atoms with Crippen LogP contribution in [0.4, 0.5) is 0 Å². The molecule has 0 aliphatic carbocycles. The third-order valence-electron chi connectivity index (χ3n) is 3.60. The summed E-state index contributed by atoms with van der Waals surface area (Å²) in [4.78, 5) is 15.7. The Balaban J connectivity index is 2.04. The summed E-state index contributed by atoms with van der Waals surface area (Å²) < 4.78 is 15.4. The second-order valence-corrected chi connectivity index (χ2v) is 4.88. The van der Waals surface area contributed by atoms with Gasteiger partial charge in [-0.25, -0.2) is 0 Å². The summed E-state index contributed by atoms with van der Waals surface area (Å²) in [6, 6.07) is 6.81. The monoisotopic (exact) mass is 301 g/mol. The highest BCUT2D eigenvalue weighted by atomic mass is 16.7. The molecule has 1 aliphatic heterocycles. The van der Waals surface area contributed by atoms with Crippen molar-refractivity contribution in [2.24, 2.45) is 0 Å². The van der Waals surface area contributed by atoms with Crippen LogP contribution < -0.4 is 9.47 Å². The third-order valence-corrected chi connectivity index (χ3v) is 3.60. The average Bonchev–Trinajstić information content (AvgIpc) is 2.99. The molecular formula is C16H15NO5. The molecule has 1 N–H and O–H groups in total. The molecule has 0 amide bonds. The van der Waals surface area contributed by atoms with Crippen molar-refractivity contribution in [3.05, 3.63) is 47.8 Å². The summed E-state index contributed by atoms with van der Waals surface area (Å²) in [7, 11) is 1.34. The lowest BCUT2D eigenvalue weighted by atomic mass is 9.88. The van der Waals surface area contributed by atoms with E-state index in [2.05, 4.69) is 4.98 Å². The van der Waals surface area contributed by atoms with Crippen molar-refractivity contribution in [3.8, 4) is 17.2 Å². The van der Waals surface area contributed by atoms with E-state index in [1.54, 1.807) is 30.6 Å². The van der Waals surface area contributed by atoms with Crippen LogP contribution >= 0.6 is 0 Å². The fourth-order valence-electron chi connectivity index (χ4n) is 2.48. The first-order valence-electron chi connectivity index (χ1n) is 6.78. The number of carbonyl (C=O) groups is 1. The number of aromatic hydroxyl groups is 1. The maximum absolute atomic E-state index is 11.7. The molecule has 1 aromatic carbocycles. The smallest absolute Gasteiger partial charge is 0.306 e. The highest BCUT2D eigenvalue weighted by Gasteiger charge is 2.25. The van der Waals surface area contributed by atoms with Crippen LogP contribution in [0.25, 0.3) is 0 Å². The zero-order chi connectivity index (χ0) is 15.5. The molecular weight excluding hydrogens is 286 g/mol. The van der Waals surface area contributed by atoms with E-state index >= 15 is 0 Å². The van der Waals surface area contributed by atoms with E-state index in [0.29, 0.717) is 17.1 Å². The summed E-state index contributed by atoms with van der Waals surface area (Å²) >= 11 is 0. The maximum atomic E-state index is 11.7. The van der Waals surface area contributed by atoms with Crippen molar-refractivity contribution in [2.45, 2.75) is 12.3 Å². The number of ether oxygens (including phenoxy) is 3. The van der Waals surface area contributed by atoms with Gasteiger partial charge >= 0.3 is 5.97 Å². The van der Waals surface area contributed by atoms with Crippen LogP contribution in [0.15, 0.2) is 36.7 Å². The number of carbonyl (C=O) groups excluding carboxylic acids is 1. The summed E-state index contributed by atoms with van der Waals surface area (Å²) in [6.07, 6.45) is 3.39. The minimum Gasteiger partial charge on any atom is -0.508 e. The number of rotatable bonds is 4. The summed E-state index contributed by atoms with van der Waals surface area (Å²) in [6.45, 7) is 0.120. The fraction of sp³-hybridized carbons (Fsp3) is 0.250. The van der Waals surface area contributed by atoms with Gasteiger partial charge in [0.25, 0.3) is 0 Å². The topological polar surface area (TPSA) is 77.9 Å². The molecule has 0 saturated carbocycles. The molecule has 2 heterocycles. The van der Waals surface area contributed by atoms with Crippen LogP contribution in [0.3, 0.4) is 0 Å². The number of hydrogen-bond donors (Lipinski definition) is 1. The van der Waals surface area contributed by atoms with E-state index in [1.165, 1.54) is 13.2 Å². The predicted molar refractivity (Wildman–Crippen MR) is 76.9 cm³/mol. The lowest BCUT2D eigenvalue weighted by Crippen LogP contribution is -2.10. The Morgan fingerprint density at radius 2 is 2.00 bits per heavy atom. The number of phenols is 1. The second kappa shape index (κ2) is 5.93. The molecule has 1 atom stereocenters. The van der Waals surface area contributed by atoms with Crippen molar-refractivity contribution in [2.75, 3.05) is 13.9 Å². The molecule has 2 aromatic rings. The molecule has 114 valence electrons. The van der Waals surface area contributed by atoms with Crippen LogP contribution in [0.1, 0.15) is 23.5 Å². The Morgan fingerprint density at radius 1 is 1.32 bits per heavy atom. The minimum atomic E-state index is -0.362. The Bertz CT molecular complexity index is 686. The summed E-state index contributed by atoms with van der Waals surface area (Å²) in [5.74, 6) is 0.378. The number of fused-ring (bicyclic) bond motifs is 1. The number of esters is 1. The van der Waals surface area contributed by atoms with E-state index < -0.39 is 0 Å². The Kier molecular flexibility index (Phi) is 3.82.